The van der Waals surface area contributed by atoms with Crippen molar-refractivity contribution in [3.05, 3.63) is 59.2 Å². The van der Waals surface area contributed by atoms with E-state index in [4.69, 9.17) is 9.47 Å². The maximum atomic E-state index is 12.7. The first-order valence-corrected chi connectivity index (χ1v) is 9.51. The quantitative estimate of drug-likeness (QED) is 0.716. The fourth-order valence-corrected chi connectivity index (χ4v) is 3.13. The number of carbonyl (C=O) groups is 1. The van der Waals surface area contributed by atoms with Gasteiger partial charge in [0.2, 0.25) is 12.7 Å². The molecule has 1 aliphatic rings. The van der Waals surface area contributed by atoms with Crippen molar-refractivity contribution in [2.75, 3.05) is 26.9 Å². The summed E-state index contributed by atoms with van der Waals surface area (Å²) in [5.74, 6) is 1.69. The smallest absolute Gasteiger partial charge is 0.236 e. The number of benzene rings is 2. The van der Waals surface area contributed by atoms with Crippen molar-refractivity contribution in [2.45, 2.75) is 33.4 Å². The SMILES string of the molecule is CCc1ccc(CN(C)C(=O)CN(CC)Cc2ccc3c(c2)OCO3)cc1. The highest BCUT2D eigenvalue weighted by Gasteiger charge is 2.17. The van der Waals surface area contributed by atoms with Crippen molar-refractivity contribution < 1.29 is 14.3 Å². The molecule has 0 fully saturated rings. The van der Waals surface area contributed by atoms with Crippen molar-refractivity contribution >= 4 is 5.91 Å². The molecule has 5 heteroatoms. The number of hydrogen-bond donors (Lipinski definition) is 0. The number of fused-ring (bicyclic) bond motifs is 1. The molecule has 144 valence electrons. The van der Waals surface area contributed by atoms with Crippen LogP contribution in [0.1, 0.15) is 30.5 Å². The number of ether oxygens (including phenoxy) is 2. The van der Waals surface area contributed by atoms with E-state index in [1.165, 1.54) is 5.56 Å². The van der Waals surface area contributed by atoms with E-state index in [1.807, 2.05) is 25.2 Å². The molecule has 0 N–H and O–H groups in total. The Morgan fingerprint density at radius 1 is 0.926 bits per heavy atom. The molecule has 0 aliphatic carbocycles. The van der Waals surface area contributed by atoms with Crippen molar-refractivity contribution in [3.63, 3.8) is 0 Å². The zero-order chi connectivity index (χ0) is 19.2. The van der Waals surface area contributed by atoms with Gasteiger partial charge in [0.25, 0.3) is 0 Å². The van der Waals surface area contributed by atoms with E-state index in [1.54, 1.807) is 4.90 Å². The molecule has 0 unspecified atom stereocenters. The highest BCUT2D eigenvalue weighted by Crippen LogP contribution is 2.32. The van der Waals surface area contributed by atoms with Gasteiger partial charge < -0.3 is 14.4 Å². The molecule has 0 saturated heterocycles. The monoisotopic (exact) mass is 368 g/mol. The molecule has 1 amide bonds. The molecule has 1 aliphatic heterocycles. The molecule has 0 saturated carbocycles. The lowest BCUT2D eigenvalue weighted by Gasteiger charge is -2.24. The molecule has 0 spiro atoms. The second-order valence-corrected chi connectivity index (χ2v) is 6.91. The Bertz CT molecular complexity index is 774. The van der Waals surface area contributed by atoms with E-state index >= 15 is 0 Å². The second-order valence-electron chi connectivity index (χ2n) is 6.91. The van der Waals surface area contributed by atoms with E-state index in [9.17, 15) is 4.79 Å². The fourth-order valence-electron chi connectivity index (χ4n) is 3.13. The lowest BCUT2D eigenvalue weighted by Crippen LogP contribution is -2.37. The van der Waals surface area contributed by atoms with Gasteiger partial charge in [-0.2, -0.15) is 0 Å². The van der Waals surface area contributed by atoms with Crippen LogP contribution in [0.4, 0.5) is 0 Å². The number of nitrogens with zero attached hydrogens (tertiary/aromatic N) is 2. The topological polar surface area (TPSA) is 42.0 Å². The normalized spacial score (nSPS) is 12.4. The molecular weight excluding hydrogens is 340 g/mol. The highest BCUT2D eigenvalue weighted by atomic mass is 16.7. The third-order valence-corrected chi connectivity index (χ3v) is 4.93. The summed E-state index contributed by atoms with van der Waals surface area (Å²) >= 11 is 0. The molecule has 0 aromatic heterocycles. The Morgan fingerprint density at radius 3 is 2.30 bits per heavy atom. The Morgan fingerprint density at radius 2 is 1.59 bits per heavy atom. The van der Waals surface area contributed by atoms with Crippen LogP contribution >= 0.6 is 0 Å². The molecular formula is C22H28N2O3. The minimum Gasteiger partial charge on any atom is -0.454 e. The van der Waals surface area contributed by atoms with E-state index in [0.717, 1.165) is 35.6 Å². The van der Waals surface area contributed by atoms with Crippen molar-refractivity contribution in [1.82, 2.24) is 9.80 Å². The molecule has 2 aromatic carbocycles. The van der Waals surface area contributed by atoms with Gasteiger partial charge in [0.05, 0.1) is 6.54 Å². The van der Waals surface area contributed by atoms with Crippen LogP contribution in [-0.4, -0.2) is 42.6 Å². The van der Waals surface area contributed by atoms with Crippen molar-refractivity contribution in [3.8, 4) is 11.5 Å². The largest absolute Gasteiger partial charge is 0.454 e. The van der Waals surface area contributed by atoms with Crippen molar-refractivity contribution in [1.29, 1.82) is 0 Å². The number of rotatable bonds is 8. The summed E-state index contributed by atoms with van der Waals surface area (Å²) in [4.78, 5) is 16.6. The highest BCUT2D eigenvalue weighted by molar-refractivity contribution is 5.78. The van der Waals surface area contributed by atoms with Crippen LogP contribution in [-0.2, 0) is 24.3 Å². The van der Waals surface area contributed by atoms with E-state index in [2.05, 4.69) is 43.0 Å². The molecule has 0 radical (unpaired) electrons. The van der Waals surface area contributed by atoms with Crippen LogP contribution in [0, 0.1) is 0 Å². The van der Waals surface area contributed by atoms with Gasteiger partial charge in [0.1, 0.15) is 0 Å². The predicted molar refractivity (Wildman–Crippen MR) is 106 cm³/mol. The summed E-state index contributed by atoms with van der Waals surface area (Å²) in [6.07, 6.45) is 1.03. The number of hydrogen-bond acceptors (Lipinski definition) is 4. The predicted octanol–water partition coefficient (Wildman–Crippen LogP) is 3.46. The molecule has 5 nitrogen and oxygen atoms in total. The summed E-state index contributed by atoms with van der Waals surface area (Å²) in [5, 5.41) is 0. The molecule has 27 heavy (non-hydrogen) atoms. The van der Waals surface area contributed by atoms with E-state index in [-0.39, 0.29) is 12.7 Å². The zero-order valence-electron chi connectivity index (χ0n) is 16.4. The van der Waals surface area contributed by atoms with Gasteiger partial charge in [0, 0.05) is 20.1 Å². The molecule has 2 aromatic rings. The van der Waals surface area contributed by atoms with Gasteiger partial charge in [-0.1, -0.05) is 44.2 Å². The summed E-state index contributed by atoms with van der Waals surface area (Å²) in [7, 11) is 1.87. The third kappa shape index (κ3) is 5.01. The second kappa shape index (κ2) is 8.91. The van der Waals surface area contributed by atoms with Gasteiger partial charge in [-0.05, 0) is 41.8 Å². The van der Waals surface area contributed by atoms with Crippen molar-refractivity contribution in [2.24, 2.45) is 0 Å². The lowest BCUT2D eigenvalue weighted by atomic mass is 10.1. The number of aryl methyl sites for hydroxylation is 1. The first kappa shape index (κ1) is 19.2. The Kier molecular flexibility index (Phi) is 6.35. The zero-order valence-corrected chi connectivity index (χ0v) is 16.4. The third-order valence-electron chi connectivity index (χ3n) is 4.93. The number of carbonyl (C=O) groups excluding carboxylic acids is 1. The fraction of sp³-hybridized carbons (Fsp3) is 0.409. The summed E-state index contributed by atoms with van der Waals surface area (Å²) in [6, 6.07) is 14.4. The van der Waals surface area contributed by atoms with Crippen LogP contribution in [0.15, 0.2) is 42.5 Å². The maximum absolute atomic E-state index is 12.7. The lowest BCUT2D eigenvalue weighted by molar-refractivity contribution is -0.131. The average Bonchev–Trinajstić information content (AvgIpc) is 3.15. The summed E-state index contributed by atoms with van der Waals surface area (Å²) < 4.78 is 10.8. The molecule has 3 rings (SSSR count). The van der Waals surface area contributed by atoms with Gasteiger partial charge in [0.15, 0.2) is 11.5 Å². The maximum Gasteiger partial charge on any atom is 0.236 e. The first-order valence-electron chi connectivity index (χ1n) is 9.51. The Hall–Kier alpha value is -2.53. The molecule has 0 atom stereocenters. The van der Waals surface area contributed by atoms with Gasteiger partial charge in [-0.3, -0.25) is 9.69 Å². The first-order chi connectivity index (χ1) is 13.1. The molecule has 0 bridgehead atoms. The average molecular weight is 368 g/mol. The minimum atomic E-state index is 0.122. The minimum absolute atomic E-state index is 0.122. The summed E-state index contributed by atoms with van der Waals surface area (Å²) in [5.41, 5.74) is 3.59. The molecule has 1 heterocycles. The summed E-state index contributed by atoms with van der Waals surface area (Å²) in [6.45, 7) is 7.03. The van der Waals surface area contributed by atoms with Crippen LogP contribution < -0.4 is 9.47 Å². The number of amides is 1. The van der Waals surface area contributed by atoms with Crippen LogP contribution in [0.5, 0.6) is 11.5 Å². The Balaban J connectivity index is 1.55. The van der Waals surface area contributed by atoms with Gasteiger partial charge in [-0.25, -0.2) is 0 Å². The Labute approximate surface area is 161 Å². The van der Waals surface area contributed by atoms with E-state index < -0.39 is 0 Å². The van der Waals surface area contributed by atoms with Crippen LogP contribution in [0.3, 0.4) is 0 Å². The van der Waals surface area contributed by atoms with Crippen LogP contribution in [0.2, 0.25) is 0 Å². The van der Waals surface area contributed by atoms with Crippen LogP contribution in [0.25, 0.3) is 0 Å². The standard InChI is InChI=1S/C22H28N2O3/c1-4-17-6-8-18(9-7-17)13-23(3)22(25)15-24(5-2)14-19-10-11-20-21(12-19)27-16-26-20/h6-12H,4-5,13-16H2,1-3H3. The van der Waals surface area contributed by atoms with E-state index in [0.29, 0.717) is 19.6 Å². The number of likely N-dealkylation sites (N-methyl/N-ethyl adjacent to an activating group) is 2. The van der Waals surface area contributed by atoms with Gasteiger partial charge >= 0.3 is 0 Å². The van der Waals surface area contributed by atoms with Gasteiger partial charge in [-0.15, -0.1) is 0 Å².